The zero-order chi connectivity index (χ0) is 16.2. The number of imidazole rings is 1. The van der Waals surface area contributed by atoms with Gasteiger partial charge in [-0.15, -0.1) is 0 Å². The van der Waals surface area contributed by atoms with Gasteiger partial charge in [-0.25, -0.2) is 4.98 Å². The molecule has 8 saturated carbocycles. The molecule has 0 aliphatic heterocycles. The van der Waals surface area contributed by atoms with Crippen molar-refractivity contribution in [2.45, 2.75) is 87.9 Å². The first kappa shape index (κ1) is 14.3. The molecule has 8 aliphatic rings. The Morgan fingerprint density at radius 3 is 1.48 bits per heavy atom. The molecule has 25 heavy (non-hydrogen) atoms. The summed E-state index contributed by atoms with van der Waals surface area (Å²) in [6, 6.07) is 0. The maximum absolute atomic E-state index is 5.11. The summed E-state index contributed by atoms with van der Waals surface area (Å²) in [6.07, 6.45) is 20.1. The molecule has 1 aromatic heterocycles. The van der Waals surface area contributed by atoms with Gasteiger partial charge in [0.1, 0.15) is 0 Å². The van der Waals surface area contributed by atoms with E-state index in [0.29, 0.717) is 10.8 Å². The summed E-state index contributed by atoms with van der Waals surface area (Å²) < 4.78 is 0. The molecule has 0 atom stereocenters. The van der Waals surface area contributed by atoms with E-state index in [0.717, 1.165) is 35.5 Å². The highest BCUT2D eigenvalue weighted by Crippen LogP contribution is 2.64. The highest BCUT2D eigenvalue weighted by Gasteiger charge is 2.57. The number of hydrogen-bond donors (Lipinski definition) is 1. The van der Waals surface area contributed by atoms with Crippen LogP contribution in [0, 0.1) is 35.5 Å². The van der Waals surface area contributed by atoms with Gasteiger partial charge in [-0.2, -0.15) is 0 Å². The number of nitrogens with zero attached hydrogens (tertiary/aromatic N) is 1. The van der Waals surface area contributed by atoms with Gasteiger partial charge in [0.15, 0.2) is 0 Å². The Morgan fingerprint density at radius 2 is 1.04 bits per heavy atom. The molecule has 0 unspecified atom stereocenters. The van der Waals surface area contributed by atoms with Gasteiger partial charge in [0, 0.05) is 16.5 Å². The molecule has 0 saturated heterocycles. The maximum atomic E-state index is 5.11. The third kappa shape index (κ3) is 1.85. The van der Waals surface area contributed by atoms with E-state index in [1.165, 1.54) is 57.8 Å². The minimum atomic E-state index is 0.466. The average Bonchev–Trinajstić information content (AvgIpc) is 3.03. The van der Waals surface area contributed by atoms with Gasteiger partial charge in [-0.1, -0.05) is 0 Å². The number of aromatic amines is 1. The van der Waals surface area contributed by atoms with Crippen molar-refractivity contribution in [2.75, 3.05) is 0 Å². The third-order valence-corrected chi connectivity index (χ3v) is 9.75. The van der Waals surface area contributed by atoms with Crippen LogP contribution in [-0.2, 0) is 10.8 Å². The second-order valence-corrected chi connectivity index (χ2v) is 11.5. The van der Waals surface area contributed by atoms with Crippen LogP contribution in [0.1, 0.15) is 88.4 Å². The van der Waals surface area contributed by atoms with Crippen molar-refractivity contribution in [3.05, 3.63) is 17.7 Å². The van der Waals surface area contributed by atoms with Gasteiger partial charge in [0.25, 0.3) is 0 Å². The predicted octanol–water partition coefficient (Wildman–Crippen LogP) is 5.35. The van der Waals surface area contributed by atoms with Crippen LogP contribution in [0.4, 0.5) is 0 Å². The second kappa shape index (κ2) is 4.54. The molecule has 8 aliphatic carbocycles. The van der Waals surface area contributed by atoms with Gasteiger partial charge >= 0.3 is 0 Å². The lowest BCUT2D eigenvalue weighted by atomic mass is 9.45. The Bertz CT molecular complexity index is 584. The van der Waals surface area contributed by atoms with Crippen LogP contribution in [0.5, 0.6) is 0 Å². The maximum Gasteiger partial charge on any atom is 0.0925 e. The lowest BCUT2D eigenvalue weighted by molar-refractivity contribution is -0.0197. The molecule has 8 bridgehead atoms. The molecular weight excluding hydrogens is 304 g/mol. The second-order valence-electron chi connectivity index (χ2n) is 11.5. The molecule has 0 radical (unpaired) electrons. The fourth-order valence-corrected chi connectivity index (χ4v) is 9.92. The van der Waals surface area contributed by atoms with Crippen molar-refractivity contribution in [3.63, 3.8) is 0 Å². The first-order chi connectivity index (χ1) is 12.2. The van der Waals surface area contributed by atoms with E-state index in [9.17, 15) is 0 Å². The highest BCUT2D eigenvalue weighted by atomic mass is 14.9. The van der Waals surface area contributed by atoms with E-state index >= 15 is 0 Å². The van der Waals surface area contributed by atoms with E-state index < -0.39 is 0 Å². The van der Waals surface area contributed by atoms with Crippen LogP contribution < -0.4 is 0 Å². The van der Waals surface area contributed by atoms with Crippen molar-refractivity contribution < 1.29 is 0 Å². The molecule has 134 valence electrons. The Hall–Kier alpha value is -0.790. The number of rotatable bonds is 2. The number of aromatic nitrogens is 2. The molecule has 9 rings (SSSR count). The van der Waals surface area contributed by atoms with Gasteiger partial charge in [-0.05, 0) is 113 Å². The molecule has 2 heteroatoms. The molecule has 0 amide bonds. The minimum Gasteiger partial charge on any atom is -0.348 e. The van der Waals surface area contributed by atoms with Crippen LogP contribution in [0.2, 0.25) is 0 Å². The van der Waals surface area contributed by atoms with Crippen LogP contribution in [0.3, 0.4) is 0 Å². The van der Waals surface area contributed by atoms with Crippen molar-refractivity contribution in [2.24, 2.45) is 35.5 Å². The summed E-state index contributed by atoms with van der Waals surface area (Å²) >= 11 is 0. The van der Waals surface area contributed by atoms with E-state index in [2.05, 4.69) is 11.3 Å². The van der Waals surface area contributed by atoms with Crippen LogP contribution in [0.15, 0.2) is 6.33 Å². The summed E-state index contributed by atoms with van der Waals surface area (Å²) in [5.74, 6) is 6.14. The van der Waals surface area contributed by atoms with E-state index in [1.807, 2.05) is 0 Å². The molecule has 0 spiro atoms. The molecule has 0 aromatic carbocycles. The van der Waals surface area contributed by atoms with Crippen molar-refractivity contribution in [1.29, 1.82) is 0 Å². The van der Waals surface area contributed by atoms with E-state index in [1.54, 1.807) is 30.7 Å². The average molecular weight is 337 g/mol. The number of H-pyrrole nitrogens is 1. The lowest BCUT2D eigenvalue weighted by Gasteiger charge is -2.59. The van der Waals surface area contributed by atoms with E-state index in [4.69, 9.17) is 4.98 Å². The van der Waals surface area contributed by atoms with E-state index in [-0.39, 0.29) is 0 Å². The lowest BCUT2D eigenvalue weighted by Crippen LogP contribution is -2.52. The fourth-order valence-electron chi connectivity index (χ4n) is 9.92. The quantitative estimate of drug-likeness (QED) is 0.775. The van der Waals surface area contributed by atoms with Gasteiger partial charge in [-0.3, -0.25) is 0 Å². The SMILES string of the molecule is c1nc(C23CC4CC(CC(C4)C2)C3)c(C23CC4CC(CC(C4)C2)C3)[nH]1. The Balaban J connectivity index is 1.33. The predicted molar refractivity (Wildman–Crippen MR) is 98.3 cm³/mol. The van der Waals surface area contributed by atoms with Gasteiger partial charge < -0.3 is 4.98 Å². The minimum absolute atomic E-state index is 0.466. The number of nitrogens with one attached hydrogen (secondary N) is 1. The summed E-state index contributed by atoms with van der Waals surface area (Å²) in [7, 11) is 0. The van der Waals surface area contributed by atoms with Gasteiger partial charge in [0.2, 0.25) is 0 Å². The zero-order valence-electron chi connectivity index (χ0n) is 15.5. The van der Waals surface area contributed by atoms with Crippen molar-refractivity contribution in [1.82, 2.24) is 9.97 Å². The summed E-state index contributed by atoms with van der Waals surface area (Å²) in [5.41, 5.74) is 4.18. The van der Waals surface area contributed by atoms with Crippen LogP contribution in [-0.4, -0.2) is 9.97 Å². The zero-order valence-corrected chi connectivity index (χ0v) is 15.5. The molecule has 1 heterocycles. The molecular formula is C23H32N2. The van der Waals surface area contributed by atoms with Crippen molar-refractivity contribution in [3.8, 4) is 0 Å². The third-order valence-electron chi connectivity index (χ3n) is 9.75. The van der Waals surface area contributed by atoms with Gasteiger partial charge in [0.05, 0.1) is 12.0 Å². The van der Waals surface area contributed by atoms with Crippen LogP contribution in [0.25, 0.3) is 0 Å². The smallest absolute Gasteiger partial charge is 0.0925 e. The first-order valence-electron chi connectivity index (χ1n) is 11.2. The summed E-state index contributed by atoms with van der Waals surface area (Å²) in [4.78, 5) is 8.88. The Kier molecular flexibility index (Phi) is 2.60. The Labute approximate surface area is 151 Å². The number of hydrogen-bond acceptors (Lipinski definition) is 1. The Morgan fingerprint density at radius 1 is 0.640 bits per heavy atom. The van der Waals surface area contributed by atoms with Crippen LogP contribution >= 0.6 is 0 Å². The molecule has 1 aromatic rings. The normalized spacial score (nSPS) is 55.2. The molecule has 1 N–H and O–H groups in total. The summed E-state index contributed by atoms with van der Waals surface area (Å²) in [6.45, 7) is 0. The topological polar surface area (TPSA) is 28.7 Å². The fraction of sp³-hybridized carbons (Fsp3) is 0.870. The molecule has 8 fully saturated rings. The standard InChI is InChI=1S/C23H32N2/c1-14-2-16-3-15(1)8-22(7-14,9-16)20-21(25-13-24-20)23-10-17-4-18(11-23)6-19(5-17)12-23/h13-19H,1-12H2,(H,24,25). The van der Waals surface area contributed by atoms with Crippen molar-refractivity contribution >= 4 is 0 Å². The highest BCUT2D eigenvalue weighted by molar-refractivity contribution is 5.34. The summed E-state index contributed by atoms with van der Waals surface area (Å²) in [5, 5.41) is 0. The monoisotopic (exact) mass is 336 g/mol. The first-order valence-corrected chi connectivity index (χ1v) is 11.2. The largest absolute Gasteiger partial charge is 0.348 e. The molecule has 2 nitrogen and oxygen atoms in total.